The van der Waals surface area contributed by atoms with Crippen LogP contribution in [-0.4, -0.2) is 37.8 Å². The van der Waals surface area contributed by atoms with Crippen LogP contribution in [0.4, 0.5) is 4.39 Å². The molecule has 2 N–H and O–H groups in total. The summed E-state index contributed by atoms with van der Waals surface area (Å²) >= 11 is 7.36. The first-order valence-electron chi connectivity index (χ1n) is 5.90. The van der Waals surface area contributed by atoms with Gasteiger partial charge in [0.15, 0.2) is 0 Å². The Balaban J connectivity index is 3.32. The first kappa shape index (κ1) is 17.7. The van der Waals surface area contributed by atoms with E-state index in [0.717, 1.165) is 10.4 Å². The van der Waals surface area contributed by atoms with Crippen LogP contribution in [0.25, 0.3) is 0 Å². The molecular weight excluding hydrogens is 323 g/mol. The van der Waals surface area contributed by atoms with Crippen molar-refractivity contribution in [2.45, 2.75) is 24.4 Å². The van der Waals surface area contributed by atoms with Crippen molar-refractivity contribution in [1.29, 1.82) is 0 Å². The van der Waals surface area contributed by atoms with Gasteiger partial charge in [-0.2, -0.15) is 16.1 Å². The molecule has 1 aromatic carbocycles. The second-order valence-corrected chi connectivity index (χ2v) is 7.72. The van der Waals surface area contributed by atoms with E-state index in [2.05, 4.69) is 0 Å². The number of nitrogens with zero attached hydrogens (tertiary/aromatic N) is 1. The van der Waals surface area contributed by atoms with E-state index in [1.807, 2.05) is 6.26 Å². The van der Waals surface area contributed by atoms with Crippen molar-refractivity contribution in [3.05, 3.63) is 28.5 Å². The largest absolute Gasteiger partial charge is 0.326 e. The monoisotopic (exact) mass is 340 g/mol. The second-order valence-electron chi connectivity index (χ2n) is 4.41. The van der Waals surface area contributed by atoms with E-state index in [1.165, 1.54) is 24.9 Å². The normalized spacial score (nSPS) is 13.8. The SMILES string of the molecule is CSCC(C)N(C)S(=O)(=O)c1cc(Cl)cc(CN)c1F. The predicted octanol–water partition coefficient (Wildman–Crippen LogP) is 2.31. The number of sulfonamides is 1. The van der Waals surface area contributed by atoms with Crippen molar-refractivity contribution in [2.24, 2.45) is 5.73 Å². The molecule has 4 nitrogen and oxygen atoms in total. The summed E-state index contributed by atoms with van der Waals surface area (Å²) in [6.45, 7) is 1.65. The van der Waals surface area contributed by atoms with Crippen LogP contribution < -0.4 is 5.73 Å². The lowest BCUT2D eigenvalue weighted by molar-refractivity contribution is 0.411. The summed E-state index contributed by atoms with van der Waals surface area (Å²) in [6.07, 6.45) is 1.88. The number of hydrogen-bond donors (Lipinski definition) is 1. The average molecular weight is 341 g/mol. The third-order valence-electron chi connectivity index (χ3n) is 2.98. The van der Waals surface area contributed by atoms with Gasteiger partial charge in [0.25, 0.3) is 0 Å². The third-order valence-corrected chi connectivity index (χ3v) is 5.99. The highest BCUT2D eigenvalue weighted by Gasteiger charge is 2.29. The van der Waals surface area contributed by atoms with Crippen molar-refractivity contribution < 1.29 is 12.8 Å². The Morgan fingerprint density at radius 1 is 1.50 bits per heavy atom. The molecule has 0 aliphatic rings. The van der Waals surface area contributed by atoms with Gasteiger partial charge < -0.3 is 5.73 Å². The lowest BCUT2D eigenvalue weighted by atomic mass is 10.2. The molecular formula is C12H18ClFN2O2S2. The van der Waals surface area contributed by atoms with Crippen LogP contribution in [-0.2, 0) is 16.6 Å². The molecule has 8 heteroatoms. The van der Waals surface area contributed by atoms with Crippen molar-refractivity contribution in [2.75, 3.05) is 19.1 Å². The second kappa shape index (κ2) is 7.09. The van der Waals surface area contributed by atoms with Gasteiger partial charge in [0.1, 0.15) is 10.7 Å². The van der Waals surface area contributed by atoms with E-state index in [1.54, 1.807) is 6.92 Å². The van der Waals surface area contributed by atoms with E-state index in [0.29, 0.717) is 5.75 Å². The van der Waals surface area contributed by atoms with Crippen LogP contribution in [0.3, 0.4) is 0 Å². The van der Waals surface area contributed by atoms with Crippen molar-refractivity contribution in [3.8, 4) is 0 Å². The van der Waals surface area contributed by atoms with Crippen LogP contribution in [0.15, 0.2) is 17.0 Å². The topological polar surface area (TPSA) is 63.4 Å². The molecule has 0 amide bonds. The molecule has 20 heavy (non-hydrogen) atoms. The predicted molar refractivity (Wildman–Crippen MR) is 82.1 cm³/mol. The summed E-state index contributed by atoms with van der Waals surface area (Å²) in [7, 11) is -2.51. The summed E-state index contributed by atoms with van der Waals surface area (Å²) in [4.78, 5) is -0.430. The highest BCUT2D eigenvalue weighted by atomic mass is 35.5. The smallest absolute Gasteiger partial charge is 0.246 e. The fourth-order valence-electron chi connectivity index (χ4n) is 1.69. The molecule has 0 fully saturated rings. The summed E-state index contributed by atoms with van der Waals surface area (Å²) in [5.74, 6) is -0.220. The Morgan fingerprint density at radius 3 is 2.60 bits per heavy atom. The van der Waals surface area contributed by atoms with Gasteiger partial charge in [-0.25, -0.2) is 12.8 Å². The molecule has 1 unspecified atom stereocenters. The Kier molecular flexibility index (Phi) is 6.27. The summed E-state index contributed by atoms with van der Waals surface area (Å²) in [6, 6.07) is 2.20. The molecule has 0 aromatic heterocycles. The maximum absolute atomic E-state index is 14.2. The minimum atomic E-state index is -3.94. The number of nitrogens with two attached hydrogens (primary N) is 1. The highest BCUT2D eigenvalue weighted by molar-refractivity contribution is 7.98. The van der Waals surface area contributed by atoms with Crippen LogP contribution in [0, 0.1) is 5.82 Å². The third kappa shape index (κ3) is 3.65. The highest BCUT2D eigenvalue weighted by Crippen LogP contribution is 2.26. The molecule has 1 rings (SSSR count). The minimum Gasteiger partial charge on any atom is -0.326 e. The summed E-state index contributed by atoms with van der Waals surface area (Å²) in [5.41, 5.74) is 5.49. The maximum Gasteiger partial charge on any atom is 0.246 e. The quantitative estimate of drug-likeness (QED) is 0.863. The summed E-state index contributed by atoms with van der Waals surface area (Å²) < 4.78 is 40.3. The van der Waals surface area contributed by atoms with Crippen LogP contribution in [0.5, 0.6) is 0 Å². The lowest BCUT2D eigenvalue weighted by Gasteiger charge is -2.24. The Hall–Kier alpha value is -0.340. The van der Waals surface area contributed by atoms with Gasteiger partial charge in [0.05, 0.1) is 0 Å². The number of thioether (sulfide) groups is 1. The Morgan fingerprint density at radius 2 is 2.10 bits per heavy atom. The molecule has 0 saturated heterocycles. The zero-order valence-electron chi connectivity index (χ0n) is 11.6. The zero-order valence-corrected chi connectivity index (χ0v) is 13.9. The van der Waals surface area contributed by atoms with Crippen LogP contribution >= 0.6 is 23.4 Å². The lowest BCUT2D eigenvalue weighted by Crippen LogP contribution is -2.37. The number of rotatable bonds is 6. The van der Waals surface area contributed by atoms with Gasteiger partial charge in [0.2, 0.25) is 10.0 Å². The van der Waals surface area contributed by atoms with Crippen molar-refractivity contribution in [3.63, 3.8) is 0 Å². The number of benzene rings is 1. The number of halogens is 2. The zero-order chi connectivity index (χ0) is 15.5. The van der Waals surface area contributed by atoms with E-state index >= 15 is 0 Å². The fourth-order valence-corrected chi connectivity index (χ4v) is 4.29. The standard InChI is InChI=1S/C12H18ClFN2O2S2/c1-8(7-19-3)16(2)20(17,18)11-5-10(13)4-9(6-15)12(11)14/h4-5,8H,6-7,15H2,1-3H3. The molecule has 0 bridgehead atoms. The minimum absolute atomic E-state index is 0.0852. The fraction of sp³-hybridized carbons (Fsp3) is 0.500. The van der Waals surface area contributed by atoms with Crippen molar-refractivity contribution >= 4 is 33.4 Å². The van der Waals surface area contributed by atoms with Gasteiger partial charge in [-0.05, 0) is 25.3 Å². The molecule has 0 radical (unpaired) electrons. The van der Waals surface area contributed by atoms with E-state index in [4.69, 9.17) is 17.3 Å². The van der Waals surface area contributed by atoms with Crippen molar-refractivity contribution in [1.82, 2.24) is 4.31 Å². The maximum atomic E-state index is 14.2. The van der Waals surface area contributed by atoms with Gasteiger partial charge in [-0.3, -0.25) is 0 Å². The first-order chi connectivity index (χ1) is 9.25. The van der Waals surface area contributed by atoms with Gasteiger partial charge >= 0.3 is 0 Å². The molecule has 0 heterocycles. The van der Waals surface area contributed by atoms with Crippen LogP contribution in [0.2, 0.25) is 5.02 Å². The molecule has 1 atom stereocenters. The van der Waals surface area contributed by atoms with Gasteiger partial charge in [0, 0.05) is 36.0 Å². The van der Waals surface area contributed by atoms with Crippen LogP contribution in [0.1, 0.15) is 12.5 Å². The average Bonchev–Trinajstić information content (AvgIpc) is 2.40. The van der Waals surface area contributed by atoms with E-state index in [-0.39, 0.29) is 23.2 Å². The first-order valence-corrected chi connectivity index (χ1v) is 9.11. The Bertz CT molecular complexity index is 581. The van der Waals surface area contributed by atoms with E-state index in [9.17, 15) is 12.8 Å². The molecule has 0 aliphatic carbocycles. The Labute approximate surface area is 128 Å². The van der Waals surface area contributed by atoms with Gasteiger partial charge in [-0.15, -0.1) is 0 Å². The molecule has 0 spiro atoms. The number of hydrogen-bond acceptors (Lipinski definition) is 4. The van der Waals surface area contributed by atoms with E-state index < -0.39 is 20.7 Å². The molecule has 114 valence electrons. The molecule has 1 aromatic rings. The molecule has 0 saturated carbocycles. The molecule has 0 aliphatic heterocycles. The van der Waals surface area contributed by atoms with Gasteiger partial charge in [-0.1, -0.05) is 11.6 Å². The summed E-state index contributed by atoms with van der Waals surface area (Å²) in [5, 5.41) is 0.149.